The zero-order chi connectivity index (χ0) is 13.1. The molecule has 0 aliphatic carbocycles. The molecule has 0 aromatic carbocycles. The summed E-state index contributed by atoms with van der Waals surface area (Å²) in [4.78, 5) is 15.2. The van der Waals surface area contributed by atoms with Crippen molar-refractivity contribution in [2.24, 2.45) is 11.5 Å². The number of hydrogen-bond acceptors (Lipinski definition) is 4. The molecule has 0 spiro atoms. The Labute approximate surface area is 105 Å². The fourth-order valence-corrected chi connectivity index (χ4v) is 1.90. The first-order valence-electron chi connectivity index (χ1n) is 5.71. The van der Waals surface area contributed by atoms with Crippen molar-refractivity contribution < 1.29 is 9.53 Å². The fourth-order valence-electron chi connectivity index (χ4n) is 1.90. The van der Waals surface area contributed by atoms with Gasteiger partial charge in [-0.1, -0.05) is 0 Å². The molecule has 2 aromatic rings. The van der Waals surface area contributed by atoms with Crippen molar-refractivity contribution in [2.75, 3.05) is 13.2 Å². The molecular formula is C12H16N4O2. The summed E-state index contributed by atoms with van der Waals surface area (Å²) in [6.07, 6.45) is 2.64. The molecule has 0 aliphatic rings. The van der Waals surface area contributed by atoms with Crippen molar-refractivity contribution in [1.29, 1.82) is 0 Å². The molecule has 0 atom stereocenters. The first-order chi connectivity index (χ1) is 8.63. The standard InChI is InChI=1S/C12H16N4O2/c1-8-9(4-5-13)16-6-2-3-10(12(16)15-8)18-7-11(14)17/h2-3,6H,4-5,7,13H2,1H3,(H2,14,17). The molecule has 6 heteroatoms. The Bertz CT molecular complexity index is 577. The molecule has 0 fully saturated rings. The number of fused-ring (bicyclic) bond motifs is 1. The van der Waals surface area contributed by atoms with E-state index in [4.69, 9.17) is 16.2 Å². The van der Waals surface area contributed by atoms with Crippen molar-refractivity contribution in [3.63, 3.8) is 0 Å². The van der Waals surface area contributed by atoms with Crippen LogP contribution in [0.1, 0.15) is 11.4 Å². The number of nitrogens with two attached hydrogens (primary N) is 2. The Morgan fingerprint density at radius 2 is 2.33 bits per heavy atom. The maximum atomic E-state index is 10.7. The van der Waals surface area contributed by atoms with E-state index in [0.717, 1.165) is 17.8 Å². The van der Waals surface area contributed by atoms with E-state index in [1.807, 2.05) is 23.6 Å². The Kier molecular flexibility index (Phi) is 3.47. The van der Waals surface area contributed by atoms with Crippen molar-refractivity contribution in [2.45, 2.75) is 13.3 Å². The summed E-state index contributed by atoms with van der Waals surface area (Å²) in [7, 11) is 0. The van der Waals surface area contributed by atoms with Crippen LogP contribution in [-0.2, 0) is 11.2 Å². The number of nitrogens with zero attached hydrogens (tertiary/aromatic N) is 2. The highest BCUT2D eigenvalue weighted by molar-refractivity contribution is 5.75. The number of pyridine rings is 1. The highest BCUT2D eigenvalue weighted by Crippen LogP contribution is 2.22. The Hall–Kier alpha value is -2.08. The van der Waals surface area contributed by atoms with Gasteiger partial charge in [-0.2, -0.15) is 0 Å². The van der Waals surface area contributed by atoms with Crippen molar-refractivity contribution in [3.05, 3.63) is 29.7 Å². The third kappa shape index (κ3) is 2.28. The third-order valence-electron chi connectivity index (χ3n) is 2.66. The average Bonchev–Trinajstić information content (AvgIpc) is 2.65. The van der Waals surface area contributed by atoms with Crippen LogP contribution < -0.4 is 16.2 Å². The molecular weight excluding hydrogens is 232 g/mol. The molecule has 0 saturated heterocycles. The predicted molar refractivity (Wildman–Crippen MR) is 67.4 cm³/mol. The quantitative estimate of drug-likeness (QED) is 0.779. The third-order valence-corrected chi connectivity index (χ3v) is 2.66. The number of imidazole rings is 1. The van der Waals surface area contributed by atoms with Gasteiger partial charge in [-0.15, -0.1) is 0 Å². The highest BCUT2D eigenvalue weighted by Gasteiger charge is 2.12. The van der Waals surface area contributed by atoms with Crippen molar-refractivity contribution >= 4 is 11.6 Å². The van der Waals surface area contributed by atoms with Gasteiger partial charge in [0, 0.05) is 18.3 Å². The summed E-state index contributed by atoms with van der Waals surface area (Å²) in [5.41, 5.74) is 13.3. The monoisotopic (exact) mass is 248 g/mol. The molecule has 96 valence electrons. The SMILES string of the molecule is Cc1nc2c(OCC(N)=O)cccn2c1CCN. The van der Waals surface area contributed by atoms with E-state index in [1.54, 1.807) is 6.07 Å². The maximum Gasteiger partial charge on any atom is 0.255 e. The first kappa shape index (κ1) is 12.4. The van der Waals surface area contributed by atoms with Gasteiger partial charge in [0.25, 0.3) is 5.91 Å². The van der Waals surface area contributed by atoms with Gasteiger partial charge >= 0.3 is 0 Å². The van der Waals surface area contributed by atoms with E-state index in [9.17, 15) is 4.79 Å². The van der Waals surface area contributed by atoms with Crippen LogP contribution in [-0.4, -0.2) is 28.4 Å². The van der Waals surface area contributed by atoms with Gasteiger partial charge in [0.05, 0.1) is 5.69 Å². The summed E-state index contributed by atoms with van der Waals surface area (Å²) in [5, 5.41) is 0. The second kappa shape index (κ2) is 5.05. The Morgan fingerprint density at radius 3 is 3.00 bits per heavy atom. The normalized spacial score (nSPS) is 10.8. The van der Waals surface area contributed by atoms with E-state index in [0.29, 0.717) is 17.9 Å². The van der Waals surface area contributed by atoms with Crippen LogP contribution in [0, 0.1) is 6.92 Å². The zero-order valence-electron chi connectivity index (χ0n) is 10.2. The largest absolute Gasteiger partial charge is 0.480 e. The molecule has 0 saturated carbocycles. The highest BCUT2D eigenvalue weighted by atomic mass is 16.5. The van der Waals surface area contributed by atoms with Gasteiger partial charge in [-0.25, -0.2) is 4.98 Å². The van der Waals surface area contributed by atoms with E-state index in [2.05, 4.69) is 4.98 Å². The first-order valence-corrected chi connectivity index (χ1v) is 5.71. The molecule has 0 radical (unpaired) electrons. The summed E-state index contributed by atoms with van der Waals surface area (Å²) < 4.78 is 7.27. The summed E-state index contributed by atoms with van der Waals surface area (Å²) >= 11 is 0. The molecule has 4 N–H and O–H groups in total. The average molecular weight is 248 g/mol. The summed E-state index contributed by atoms with van der Waals surface area (Å²) in [6, 6.07) is 3.60. The minimum absolute atomic E-state index is 0.155. The summed E-state index contributed by atoms with van der Waals surface area (Å²) in [6.45, 7) is 2.33. The number of carbonyl (C=O) groups excluding carboxylic acids is 1. The van der Waals surface area contributed by atoms with E-state index >= 15 is 0 Å². The van der Waals surface area contributed by atoms with Crippen LogP contribution in [0.25, 0.3) is 5.65 Å². The molecule has 1 amide bonds. The lowest BCUT2D eigenvalue weighted by molar-refractivity contribution is -0.119. The van der Waals surface area contributed by atoms with Crippen LogP contribution in [0.4, 0.5) is 0 Å². The minimum atomic E-state index is -0.512. The van der Waals surface area contributed by atoms with Crippen LogP contribution >= 0.6 is 0 Å². The number of rotatable bonds is 5. The molecule has 2 heterocycles. The van der Waals surface area contributed by atoms with Crippen LogP contribution in [0.5, 0.6) is 5.75 Å². The van der Waals surface area contributed by atoms with E-state index in [1.165, 1.54) is 0 Å². The van der Waals surface area contributed by atoms with Crippen LogP contribution in [0.2, 0.25) is 0 Å². The smallest absolute Gasteiger partial charge is 0.255 e. The number of hydrogen-bond donors (Lipinski definition) is 2. The van der Waals surface area contributed by atoms with Crippen molar-refractivity contribution in [3.8, 4) is 5.75 Å². The number of aryl methyl sites for hydroxylation is 1. The fraction of sp³-hybridized carbons (Fsp3) is 0.333. The Morgan fingerprint density at radius 1 is 1.56 bits per heavy atom. The van der Waals surface area contributed by atoms with Crippen molar-refractivity contribution in [1.82, 2.24) is 9.38 Å². The van der Waals surface area contributed by atoms with E-state index < -0.39 is 5.91 Å². The molecule has 6 nitrogen and oxygen atoms in total. The van der Waals surface area contributed by atoms with Gasteiger partial charge in [0.2, 0.25) is 0 Å². The molecule has 0 bridgehead atoms. The summed E-state index contributed by atoms with van der Waals surface area (Å²) in [5.74, 6) is 0.0325. The Balaban J connectivity index is 2.43. The number of aromatic nitrogens is 2. The molecule has 2 aromatic heterocycles. The second-order valence-electron chi connectivity index (χ2n) is 4.00. The van der Waals surface area contributed by atoms with Gasteiger partial charge in [0.15, 0.2) is 18.0 Å². The molecule has 0 unspecified atom stereocenters. The minimum Gasteiger partial charge on any atom is -0.480 e. The second-order valence-corrected chi connectivity index (χ2v) is 4.00. The number of carbonyl (C=O) groups is 1. The van der Waals surface area contributed by atoms with Crippen LogP contribution in [0.3, 0.4) is 0 Å². The number of primary amides is 1. The van der Waals surface area contributed by atoms with Gasteiger partial charge in [-0.05, 0) is 25.6 Å². The topological polar surface area (TPSA) is 95.6 Å². The van der Waals surface area contributed by atoms with Gasteiger partial charge in [-0.3, -0.25) is 4.79 Å². The van der Waals surface area contributed by atoms with Crippen LogP contribution in [0.15, 0.2) is 18.3 Å². The molecule has 2 rings (SSSR count). The van der Waals surface area contributed by atoms with E-state index in [-0.39, 0.29) is 6.61 Å². The number of ether oxygens (including phenoxy) is 1. The van der Waals surface area contributed by atoms with Gasteiger partial charge in [0.1, 0.15) is 0 Å². The lowest BCUT2D eigenvalue weighted by Gasteiger charge is -2.06. The molecule has 18 heavy (non-hydrogen) atoms. The number of amides is 1. The predicted octanol–water partition coefficient (Wildman–Crippen LogP) is 0.00802. The lowest BCUT2D eigenvalue weighted by atomic mass is 10.2. The lowest BCUT2D eigenvalue weighted by Crippen LogP contribution is -2.20. The molecule has 0 aliphatic heterocycles. The van der Waals surface area contributed by atoms with Gasteiger partial charge < -0.3 is 20.6 Å². The maximum absolute atomic E-state index is 10.7. The zero-order valence-corrected chi connectivity index (χ0v) is 10.2.